The van der Waals surface area contributed by atoms with Crippen molar-refractivity contribution in [2.24, 2.45) is 23.5 Å². The predicted octanol–water partition coefficient (Wildman–Crippen LogP) is 2.46. The molecule has 0 aromatic heterocycles. The lowest BCUT2D eigenvalue weighted by Crippen LogP contribution is -2.38. The largest absolute Gasteiger partial charge is 0.341 e. The van der Waals surface area contributed by atoms with Crippen LogP contribution in [0.5, 0.6) is 0 Å². The van der Waals surface area contributed by atoms with Gasteiger partial charge in [-0.15, -0.1) is 0 Å². The molecule has 0 spiro atoms. The van der Waals surface area contributed by atoms with Crippen molar-refractivity contribution in [2.45, 2.75) is 34.6 Å². The lowest BCUT2D eigenvalue weighted by atomic mass is 10.1. The van der Waals surface area contributed by atoms with Gasteiger partial charge in [-0.05, 0) is 30.1 Å². The fourth-order valence-corrected chi connectivity index (χ4v) is 2.68. The number of hydrogen-bond donors (Lipinski definition) is 1. The maximum absolute atomic E-state index is 12.2. The molecule has 0 radical (unpaired) electrons. The number of thioether (sulfide) groups is 1. The van der Waals surface area contributed by atoms with Crippen LogP contribution < -0.4 is 5.73 Å². The Hall–Kier alpha value is -0.220. The second-order valence-electron chi connectivity index (χ2n) is 5.94. The lowest BCUT2D eigenvalue weighted by Gasteiger charge is -2.26. The van der Waals surface area contributed by atoms with Crippen molar-refractivity contribution in [3.8, 4) is 0 Å². The van der Waals surface area contributed by atoms with Gasteiger partial charge in [0.25, 0.3) is 0 Å². The molecule has 1 amide bonds. The van der Waals surface area contributed by atoms with Crippen LogP contribution in [-0.4, -0.2) is 41.9 Å². The summed E-state index contributed by atoms with van der Waals surface area (Å²) in [6.45, 7) is 13.2. The van der Waals surface area contributed by atoms with Gasteiger partial charge in [0.1, 0.15) is 0 Å². The van der Waals surface area contributed by atoms with Crippen molar-refractivity contribution in [3.05, 3.63) is 0 Å². The number of carbonyl (C=O) groups excluding carboxylic acids is 1. The van der Waals surface area contributed by atoms with E-state index in [1.54, 1.807) is 11.8 Å². The summed E-state index contributed by atoms with van der Waals surface area (Å²) >= 11 is 1.71. The second-order valence-corrected chi connectivity index (χ2v) is 6.97. The molecule has 0 aliphatic heterocycles. The summed E-state index contributed by atoms with van der Waals surface area (Å²) in [6.07, 6.45) is 0. The van der Waals surface area contributed by atoms with E-state index >= 15 is 0 Å². The Kier molecular flexibility index (Phi) is 9.56. The molecule has 0 saturated heterocycles. The quantitative estimate of drug-likeness (QED) is 0.702. The first kappa shape index (κ1) is 17.8. The van der Waals surface area contributed by atoms with Crippen LogP contribution in [0.3, 0.4) is 0 Å². The SMILES string of the molecule is CC(C)CN(CC(C)C)C(=O)CSCC(C)CN. The topological polar surface area (TPSA) is 46.3 Å². The summed E-state index contributed by atoms with van der Waals surface area (Å²) in [6, 6.07) is 0. The summed E-state index contributed by atoms with van der Waals surface area (Å²) in [5, 5.41) is 0. The molecule has 18 heavy (non-hydrogen) atoms. The zero-order valence-corrected chi connectivity index (χ0v) is 13.4. The highest BCUT2D eigenvalue weighted by Crippen LogP contribution is 2.11. The minimum Gasteiger partial charge on any atom is -0.341 e. The third-order valence-corrected chi connectivity index (χ3v) is 3.81. The van der Waals surface area contributed by atoms with E-state index in [2.05, 4.69) is 34.6 Å². The Balaban J connectivity index is 4.12. The molecule has 2 N–H and O–H groups in total. The van der Waals surface area contributed by atoms with Crippen molar-refractivity contribution in [2.75, 3.05) is 31.1 Å². The van der Waals surface area contributed by atoms with Crippen LogP contribution in [0.4, 0.5) is 0 Å². The van der Waals surface area contributed by atoms with Crippen molar-refractivity contribution in [1.82, 2.24) is 4.90 Å². The number of hydrogen-bond acceptors (Lipinski definition) is 3. The maximum Gasteiger partial charge on any atom is 0.232 e. The molecular weight excluding hydrogens is 244 g/mol. The molecule has 0 bridgehead atoms. The van der Waals surface area contributed by atoms with Crippen LogP contribution in [-0.2, 0) is 4.79 Å². The molecule has 3 nitrogen and oxygen atoms in total. The van der Waals surface area contributed by atoms with Gasteiger partial charge < -0.3 is 10.6 Å². The summed E-state index contributed by atoms with van der Waals surface area (Å²) in [4.78, 5) is 14.2. The smallest absolute Gasteiger partial charge is 0.232 e. The van der Waals surface area contributed by atoms with E-state index in [0.29, 0.717) is 30.1 Å². The third kappa shape index (κ3) is 8.81. The molecule has 0 aliphatic rings. The molecule has 1 atom stereocenters. The van der Waals surface area contributed by atoms with Crippen LogP contribution in [0.25, 0.3) is 0 Å². The number of rotatable bonds is 9. The van der Waals surface area contributed by atoms with Gasteiger partial charge in [-0.25, -0.2) is 0 Å². The van der Waals surface area contributed by atoms with Gasteiger partial charge in [0, 0.05) is 13.1 Å². The Morgan fingerprint density at radius 2 is 1.61 bits per heavy atom. The van der Waals surface area contributed by atoms with Crippen molar-refractivity contribution < 1.29 is 4.79 Å². The van der Waals surface area contributed by atoms with Crippen molar-refractivity contribution >= 4 is 17.7 Å². The van der Waals surface area contributed by atoms with Crippen LogP contribution in [0, 0.1) is 17.8 Å². The highest BCUT2D eigenvalue weighted by atomic mass is 32.2. The van der Waals surface area contributed by atoms with E-state index in [1.165, 1.54) is 0 Å². The summed E-state index contributed by atoms with van der Waals surface area (Å²) in [5.41, 5.74) is 5.57. The van der Waals surface area contributed by atoms with Crippen LogP contribution in [0.15, 0.2) is 0 Å². The molecule has 0 aromatic rings. The maximum atomic E-state index is 12.2. The molecular formula is C14H30N2OS. The fourth-order valence-electron chi connectivity index (χ4n) is 1.67. The monoisotopic (exact) mass is 274 g/mol. The van der Waals surface area contributed by atoms with Gasteiger partial charge in [-0.1, -0.05) is 34.6 Å². The molecule has 0 saturated carbocycles. The van der Waals surface area contributed by atoms with Crippen LogP contribution in [0.1, 0.15) is 34.6 Å². The summed E-state index contributed by atoms with van der Waals surface area (Å²) in [7, 11) is 0. The number of nitrogens with two attached hydrogens (primary N) is 1. The second kappa shape index (κ2) is 9.68. The summed E-state index contributed by atoms with van der Waals surface area (Å²) in [5.74, 6) is 3.38. The fraction of sp³-hybridized carbons (Fsp3) is 0.929. The van der Waals surface area contributed by atoms with Gasteiger partial charge in [0.2, 0.25) is 5.91 Å². The average Bonchev–Trinajstić information content (AvgIpc) is 2.26. The first-order valence-electron chi connectivity index (χ1n) is 6.92. The molecule has 0 aromatic carbocycles. The van der Waals surface area contributed by atoms with E-state index in [0.717, 1.165) is 18.8 Å². The average molecular weight is 274 g/mol. The molecule has 0 aliphatic carbocycles. The lowest BCUT2D eigenvalue weighted by molar-refractivity contribution is -0.129. The van der Waals surface area contributed by atoms with E-state index in [1.807, 2.05) is 4.90 Å². The molecule has 4 heteroatoms. The Bertz CT molecular complexity index is 222. The number of carbonyl (C=O) groups is 1. The zero-order valence-electron chi connectivity index (χ0n) is 12.6. The van der Waals surface area contributed by atoms with Crippen molar-refractivity contribution in [1.29, 1.82) is 0 Å². The first-order chi connectivity index (χ1) is 8.36. The Labute approximate surface area is 117 Å². The minimum absolute atomic E-state index is 0.270. The normalized spacial score (nSPS) is 13.1. The molecule has 0 rings (SSSR count). The number of amides is 1. The minimum atomic E-state index is 0.270. The Morgan fingerprint density at radius 1 is 1.11 bits per heavy atom. The summed E-state index contributed by atoms with van der Waals surface area (Å²) < 4.78 is 0. The Morgan fingerprint density at radius 3 is 2.00 bits per heavy atom. The van der Waals surface area contributed by atoms with E-state index < -0.39 is 0 Å². The molecule has 0 fully saturated rings. The standard InChI is InChI=1S/C14H30N2OS/c1-11(2)7-16(8-12(3)4)14(17)10-18-9-13(5)6-15/h11-13H,6-10,15H2,1-5H3. The van der Waals surface area contributed by atoms with E-state index in [4.69, 9.17) is 5.73 Å². The number of nitrogens with zero attached hydrogens (tertiary/aromatic N) is 1. The highest BCUT2D eigenvalue weighted by molar-refractivity contribution is 7.99. The van der Waals surface area contributed by atoms with E-state index in [9.17, 15) is 4.79 Å². The van der Waals surface area contributed by atoms with Gasteiger partial charge in [0.15, 0.2) is 0 Å². The highest BCUT2D eigenvalue weighted by Gasteiger charge is 2.16. The van der Waals surface area contributed by atoms with Gasteiger partial charge >= 0.3 is 0 Å². The van der Waals surface area contributed by atoms with E-state index in [-0.39, 0.29) is 5.91 Å². The zero-order chi connectivity index (χ0) is 14.1. The van der Waals surface area contributed by atoms with Gasteiger partial charge in [0.05, 0.1) is 5.75 Å². The molecule has 0 heterocycles. The first-order valence-corrected chi connectivity index (χ1v) is 8.07. The van der Waals surface area contributed by atoms with Gasteiger partial charge in [-0.2, -0.15) is 11.8 Å². The van der Waals surface area contributed by atoms with Crippen LogP contribution in [0.2, 0.25) is 0 Å². The third-order valence-electron chi connectivity index (χ3n) is 2.55. The molecule has 1 unspecified atom stereocenters. The predicted molar refractivity (Wildman–Crippen MR) is 81.8 cm³/mol. The van der Waals surface area contributed by atoms with Crippen molar-refractivity contribution in [3.63, 3.8) is 0 Å². The van der Waals surface area contributed by atoms with Gasteiger partial charge in [-0.3, -0.25) is 4.79 Å². The molecule has 108 valence electrons. The van der Waals surface area contributed by atoms with Crippen LogP contribution >= 0.6 is 11.8 Å².